The molecule has 2 aromatic carbocycles. The fourth-order valence-electron chi connectivity index (χ4n) is 3.56. The highest BCUT2D eigenvalue weighted by atomic mass is 16.5. The number of ether oxygens (including phenoxy) is 4. The second kappa shape index (κ2) is 9.65. The summed E-state index contributed by atoms with van der Waals surface area (Å²) in [6.07, 6.45) is 1.22. The third-order valence-corrected chi connectivity index (χ3v) is 5.18. The van der Waals surface area contributed by atoms with Gasteiger partial charge in [0.15, 0.2) is 11.5 Å². The molecule has 6 nitrogen and oxygen atoms in total. The number of hydrogen-bond donors (Lipinski definition) is 0. The smallest absolute Gasteiger partial charge is 0.266 e. The molecule has 1 fully saturated rings. The first-order valence-corrected chi connectivity index (χ1v) is 9.83. The molecule has 0 unspecified atom stereocenters. The van der Waals surface area contributed by atoms with Gasteiger partial charge in [-0.25, -0.2) is 0 Å². The van der Waals surface area contributed by atoms with Crippen LogP contribution in [-0.2, 0) is 9.53 Å². The van der Waals surface area contributed by atoms with Crippen molar-refractivity contribution in [3.05, 3.63) is 53.6 Å². The molecule has 29 heavy (non-hydrogen) atoms. The number of aryl methyl sites for hydroxylation is 1. The van der Waals surface area contributed by atoms with Crippen LogP contribution in [0.4, 0.5) is 0 Å². The highest BCUT2D eigenvalue weighted by Crippen LogP contribution is 2.41. The fraction of sp³-hybridized carbons (Fsp3) is 0.435. The number of carbonyl (C=O) groups excluding carboxylic acids is 1. The van der Waals surface area contributed by atoms with Crippen LogP contribution in [0.1, 0.15) is 30.0 Å². The molecule has 2 aromatic rings. The number of benzene rings is 2. The molecule has 2 atom stereocenters. The van der Waals surface area contributed by atoms with E-state index in [4.69, 9.17) is 18.9 Å². The van der Waals surface area contributed by atoms with Crippen molar-refractivity contribution in [3.63, 3.8) is 0 Å². The maximum Gasteiger partial charge on any atom is 0.266 e. The number of amides is 1. The minimum Gasteiger partial charge on any atom is -0.493 e. The summed E-state index contributed by atoms with van der Waals surface area (Å²) >= 11 is 0. The second-order valence-electron chi connectivity index (χ2n) is 7.14. The summed E-state index contributed by atoms with van der Waals surface area (Å²) in [4.78, 5) is 14.7. The van der Waals surface area contributed by atoms with Crippen LogP contribution in [-0.4, -0.2) is 51.4 Å². The van der Waals surface area contributed by atoms with Gasteiger partial charge in [0.1, 0.15) is 11.8 Å². The van der Waals surface area contributed by atoms with Crippen LogP contribution in [0.25, 0.3) is 0 Å². The van der Waals surface area contributed by atoms with Crippen LogP contribution < -0.4 is 14.2 Å². The van der Waals surface area contributed by atoms with Gasteiger partial charge < -0.3 is 23.8 Å². The molecule has 1 heterocycles. The molecule has 0 aliphatic carbocycles. The molecule has 3 rings (SSSR count). The van der Waals surface area contributed by atoms with E-state index in [1.807, 2.05) is 54.3 Å². The predicted molar refractivity (Wildman–Crippen MR) is 111 cm³/mol. The molecule has 0 bridgehead atoms. The highest BCUT2D eigenvalue weighted by Gasteiger charge is 2.49. The molecular weight excluding hydrogens is 370 g/mol. The van der Waals surface area contributed by atoms with E-state index in [0.717, 1.165) is 24.0 Å². The number of methoxy groups -OCH3 is 3. The lowest BCUT2D eigenvalue weighted by atomic mass is 9.89. The Bertz CT molecular complexity index is 821. The lowest BCUT2D eigenvalue weighted by Gasteiger charge is -2.47. The van der Waals surface area contributed by atoms with E-state index >= 15 is 0 Å². The number of unbranched alkanes of at least 4 members (excludes halogenated alkanes) is 1. The first-order valence-electron chi connectivity index (χ1n) is 9.83. The summed E-state index contributed by atoms with van der Waals surface area (Å²) in [7, 11) is 4.90. The van der Waals surface area contributed by atoms with Gasteiger partial charge in [0.25, 0.3) is 5.91 Å². The Morgan fingerprint density at radius 2 is 1.66 bits per heavy atom. The van der Waals surface area contributed by atoms with Crippen LogP contribution in [0.3, 0.4) is 0 Å². The third kappa shape index (κ3) is 4.65. The number of rotatable bonds is 10. The zero-order chi connectivity index (χ0) is 20.8. The van der Waals surface area contributed by atoms with Crippen molar-refractivity contribution < 1.29 is 23.7 Å². The molecule has 1 aliphatic heterocycles. The summed E-state index contributed by atoms with van der Waals surface area (Å²) in [5.41, 5.74) is 2.11. The van der Waals surface area contributed by atoms with E-state index in [9.17, 15) is 4.79 Å². The quantitative estimate of drug-likeness (QED) is 0.450. The highest BCUT2D eigenvalue weighted by molar-refractivity contribution is 5.89. The number of carbonyl (C=O) groups is 1. The molecule has 1 aliphatic rings. The molecule has 0 saturated carbocycles. The van der Waals surface area contributed by atoms with Crippen molar-refractivity contribution in [2.24, 2.45) is 0 Å². The fourth-order valence-corrected chi connectivity index (χ4v) is 3.56. The molecule has 156 valence electrons. The Hall–Kier alpha value is -2.73. The first-order chi connectivity index (χ1) is 14.1. The zero-order valence-corrected chi connectivity index (χ0v) is 17.5. The average Bonchev–Trinajstić information content (AvgIpc) is 2.75. The number of β-lactam (4-membered cyclic amide) rings is 1. The van der Waals surface area contributed by atoms with Gasteiger partial charge in [0, 0.05) is 20.3 Å². The van der Waals surface area contributed by atoms with Crippen LogP contribution in [0.15, 0.2) is 42.5 Å². The van der Waals surface area contributed by atoms with Crippen molar-refractivity contribution >= 4 is 5.91 Å². The summed E-state index contributed by atoms with van der Waals surface area (Å²) in [6, 6.07) is 13.3. The molecule has 0 radical (unpaired) electrons. The lowest BCUT2D eigenvalue weighted by molar-refractivity contribution is -0.164. The molecule has 0 aromatic heterocycles. The van der Waals surface area contributed by atoms with Gasteiger partial charge in [-0.05, 0) is 49.6 Å². The maximum atomic E-state index is 12.9. The Morgan fingerprint density at radius 3 is 2.31 bits per heavy atom. The van der Waals surface area contributed by atoms with Crippen molar-refractivity contribution in [3.8, 4) is 17.2 Å². The van der Waals surface area contributed by atoms with Gasteiger partial charge in [0.05, 0.1) is 14.2 Å². The lowest BCUT2D eigenvalue weighted by Crippen LogP contribution is -2.61. The predicted octanol–water partition coefficient (Wildman–Crippen LogP) is 3.77. The van der Waals surface area contributed by atoms with Crippen LogP contribution in [0.5, 0.6) is 17.2 Å². The minimum atomic E-state index is -0.557. The van der Waals surface area contributed by atoms with E-state index in [2.05, 4.69) is 0 Å². The van der Waals surface area contributed by atoms with Gasteiger partial charge in [-0.3, -0.25) is 4.79 Å². The normalized spacial score (nSPS) is 18.3. The second-order valence-corrected chi connectivity index (χ2v) is 7.14. The van der Waals surface area contributed by atoms with Crippen molar-refractivity contribution in [2.45, 2.75) is 31.9 Å². The Morgan fingerprint density at radius 1 is 0.931 bits per heavy atom. The monoisotopic (exact) mass is 399 g/mol. The molecule has 1 saturated heterocycles. The number of likely N-dealkylation sites (tertiary alicyclic amines) is 1. The maximum absolute atomic E-state index is 12.9. The van der Waals surface area contributed by atoms with Crippen LogP contribution in [0, 0.1) is 6.92 Å². The van der Waals surface area contributed by atoms with E-state index in [1.165, 1.54) is 0 Å². The van der Waals surface area contributed by atoms with E-state index < -0.39 is 6.10 Å². The molecular formula is C23H29NO5. The van der Waals surface area contributed by atoms with Crippen LogP contribution in [0.2, 0.25) is 0 Å². The van der Waals surface area contributed by atoms with Gasteiger partial charge in [-0.1, -0.05) is 23.8 Å². The van der Waals surface area contributed by atoms with Gasteiger partial charge in [0.2, 0.25) is 6.10 Å². The van der Waals surface area contributed by atoms with Gasteiger partial charge in [-0.2, -0.15) is 0 Å². The average molecular weight is 399 g/mol. The largest absolute Gasteiger partial charge is 0.493 e. The Balaban J connectivity index is 1.83. The number of nitrogens with zero attached hydrogens (tertiary/aromatic N) is 1. The topological polar surface area (TPSA) is 57.2 Å². The zero-order valence-electron chi connectivity index (χ0n) is 17.5. The molecule has 6 heteroatoms. The Labute approximate surface area is 172 Å². The van der Waals surface area contributed by atoms with E-state index in [-0.39, 0.29) is 11.9 Å². The van der Waals surface area contributed by atoms with Gasteiger partial charge >= 0.3 is 0 Å². The number of hydrogen-bond acceptors (Lipinski definition) is 5. The minimum absolute atomic E-state index is 0.00257. The standard InChI is InChI=1S/C23H29NO5/c1-16-7-10-18(11-8-16)29-22-21(24(23(22)25)13-5-6-14-26-2)17-9-12-19(27-3)20(15-17)28-4/h7-12,15,21-22H,5-6,13-14H2,1-4H3/t21-,22-/m1/s1. The first kappa shape index (κ1) is 21.0. The van der Waals surface area contributed by atoms with E-state index in [0.29, 0.717) is 30.4 Å². The molecule has 0 N–H and O–H groups in total. The Kier molecular flexibility index (Phi) is 6.99. The SMILES string of the molecule is COCCCCN1C(=O)[C@H](Oc2ccc(C)cc2)[C@H]1c1ccc(OC)c(OC)c1. The van der Waals surface area contributed by atoms with Crippen molar-refractivity contribution in [1.82, 2.24) is 4.90 Å². The summed E-state index contributed by atoms with van der Waals surface area (Å²) in [5, 5.41) is 0. The summed E-state index contributed by atoms with van der Waals surface area (Å²) in [6.45, 7) is 3.37. The van der Waals surface area contributed by atoms with E-state index in [1.54, 1.807) is 21.3 Å². The third-order valence-electron chi connectivity index (χ3n) is 5.18. The summed E-state index contributed by atoms with van der Waals surface area (Å²) in [5.74, 6) is 1.99. The van der Waals surface area contributed by atoms with Crippen molar-refractivity contribution in [1.29, 1.82) is 0 Å². The molecule has 1 amide bonds. The summed E-state index contributed by atoms with van der Waals surface area (Å²) < 4.78 is 22.0. The van der Waals surface area contributed by atoms with Crippen LogP contribution >= 0.6 is 0 Å². The van der Waals surface area contributed by atoms with Gasteiger partial charge in [-0.15, -0.1) is 0 Å². The molecule has 0 spiro atoms. The van der Waals surface area contributed by atoms with Crippen molar-refractivity contribution in [2.75, 3.05) is 34.5 Å².